The highest BCUT2D eigenvalue weighted by molar-refractivity contribution is 6.05. The minimum absolute atomic E-state index is 0.231. The van der Waals surface area contributed by atoms with Crippen molar-refractivity contribution in [2.75, 3.05) is 31.6 Å². The van der Waals surface area contributed by atoms with Gasteiger partial charge in [0.15, 0.2) is 0 Å². The molecule has 0 aromatic carbocycles. The molecule has 0 atom stereocenters. The van der Waals surface area contributed by atoms with Gasteiger partial charge in [-0.25, -0.2) is 4.98 Å². The maximum absolute atomic E-state index is 12.0. The predicted octanol–water partition coefficient (Wildman–Crippen LogP) is 1.66. The van der Waals surface area contributed by atoms with Gasteiger partial charge < -0.3 is 10.1 Å². The molecule has 22 heavy (non-hydrogen) atoms. The summed E-state index contributed by atoms with van der Waals surface area (Å²) in [5, 5.41) is 2.75. The first kappa shape index (κ1) is 14.5. The van der Waals surface area contributed by atoms with Crippen LogP contribution in [-0.2, 0) is 16.1 Å². The number of allylic oxidation sites excluding steroid dienone is 2. The van der Waals surface area contributed by atoms with Crippen molar-refractivity contribution in [1.29, 1.82) is 0 Å². The lowest BCUT2D eigenvalue weighted by molar-refractivity contribution is -0.112. The van der Waals surface area contributed by atoms with E-state index in [0.717, 1.165) is 38.4 Å². The van der Waals surface area contributed by atoms with Crippen molar-refractivity contribution >= 4 is 11.7 Å². The smallest absolute Gasteiger partial charge is 0.265 e. The average molecular weight is 295 g/mol. The van der Waals surface area contributed by atoms with Crippen LogP contribution in [0.3, 0.4) is 0 Å². The van der Waals surface area contributed by atoms with Gasteiger partial charge in [-0.05, 0) is 23.8 Å². The second-order valence-electron chi connectivity index (χ2n) is 5.10. The number of hydrogen-bond acceptors (Lipinski definition) is 4. The zero-order valence-corrected chi connectivity index (χ0v) is 12.2. The van der Waals surface area contributed by atoms with E-state index in [1.165, 1.54) is 0 Å². The summed E-state index contributed by atoms with van der Waals surface area (Å²) in [7, 11) is 0. The first-order valence-electron chi connectivity index (χ1n) is 7.26. The third-order valence-corrected chi connectivity index (χ3v) is 3.47. The van der Waals surface area contributed by atoms with Crippen LogP contribution in [0.1, 0.15) is 5.56 Å². The van der Waals surface area contributed by atoms with E-state index in [0.29, 0.717) is 11.4 Å². The molecule has 1 N–H and O–H groups in total. The molecule has 112 valence electrons. The van der Waals surface area contributed by atoms with Crippen LogP contribution in [0.2, 0.25) is 0 Å². The van der Waals surface area contributed by atoms with Gasteiger partial charge in [0, 0.05) is 25.8 Å². The Labute approximate surface area is 129 Å². The maximum atomic E-state index is 12.0. The minimum atomic E-state index is -0.231. The Morgan fingerprint density at radius 3 is 2.91 bits per heavy atom. The third-order valence-electron chi connectivity index (χ3n) is 3.47. The molecule has 0 spiro atoms. The van der Waals surface area contributed by atoms with Crippen molar-refractivity contribution in [2.24, 2.45) is 0 Å². The van der Waals surface area contributed by atoms with Crippen molar-refractivity contribution in [3.8, 4) is 0 Å². The van der Waals surface area contributed by atoms with Crippen molar-refractivity contribution < 1.29 is 9.53 Å². The van der Waals surface area contributed by atoms with Crippen molar-refractivity contribution in [2.45, 2.75) is 6.54 Å². The number of carbonyl (C=O) groups is 1. The van der Waals surface area contributed by atoms with Gasteiger partial charge in [-0.3, -0.25) is 9.69 Å². The molecule has 0 unspecified atom stereocenters. The Kier molecular flexibility index (Phi) is 4.64. The summed E-state index contributed by atoms with van der Waals surface area (Å²) in [5.74, 6) is 0.304. The number of ether oxygens (including phenoxy) is 1. The Bertz CT molecular complexity index is 672. The number of nitrogens with zero attached hydrogens (tertiary/aromatic N) is 2. The summed E-state index contributed by atoms with van der Waals surface area (Å²) in [6, 6.07) is 3.80. The van der Waals surface area contributed by atoms with Gasteiger partial charge in [-0.1, -0.05) is 23.6 Å². The number of nitrogens with one attached hydrogen (secondary N) is 1. The first-order valence-corrected chi connectivity index (χ1v) is 7.26. The van der Waals surface area contributed by atoms with Gasteiger partial charge in [-0.15, -0.1) is 0 Å². The Morgan fingerprint density at radius 2 is 2.23 bits per heavy atom. The summed E-state index contributed by atoms with van der Waals surface area (Å²) in [6.07, 6.45) is 6.95. The lowest BCUT2D eigenvalue weighted by Crippen LogP contribution is -2.35. The number of hydrogen-bond donors (Lipinski definition) is 1. The molecule has 2 heterocycles. The van der Waals surface area contributed by atoms with Crippen LogP contribution in [-0.4, -0.2) is 42.1 Å². The zero-order chi connectivity index (χ0) is 15.2. The van der Waals surface area contributed by atoms with Gasteiger partial charge >= 0.3 is 0 Å². The Morgan fingerprint density at radius 1 is 1.36 bits per heavy atom. The van der Waals surface area contributed by atoms with Crippen molar-refractivity contribution in [3.05, 3.63) is 59.2 Å². The predicted molar refractivity (Wildman–Crippen MR) is 83.2 cm³/mol. The summed E-state index contributed by atoms with van der Waals surface area (Å²) >= 11 is 0. The second-order valence-corrected chi connectivity index (χ2v) is 5.10. The van der Waals surface area contributed by atoms with Crippen LogP contribution in [0.15, 0.2) is 53.6 Å². The summed E-state index contributed by atoms with van der Waals surface area (Å²) in [5.41, 5.74) is 7.10. The molecule has 5 heteroatoms. The van der Waals surface area contributed by atoms with Crippen LogP contribution in [0.25, 0.3) is 0 Å². The molecule has 0 radical (unpaired) electrons. The normalized spacial score (nSPS) is 17.4. The van der Waals surface area contributed by atoms with E-state index >= 15 is 0 Å². The monoisotopic (exact) mass is 295 g/mol. The number of anilines is 1. The molecule has 1 aliphatic carbocycles. The number of rotatable bonds is 4. The van der Waals surface area contributed by atoms with E-state index in [1.807, 2.05) is 12.1 Å². The second kappa shape index (κ2) is 7.03. The quantitative estimate of drug-likeness (QED) is 0.858. The molecule has 2 aliphatic rings. The van der Waals surface area contributed by atoms with Crippen LogP contribution in [0.5, 0.6) is 0 Å². The van der Waals surface area contributed by atoms with Gasteiger partial charge in [0.25, 0.3) is 5.91 Å². The molecule has 5 nitrogen and oxygen atoms in total. The molecule has 1 aromatic rings. The summed E-state index contributed by atoms with van der Waals surface area (Å²) in [6.45, 7) is 4.31. The first-order chi connectivity index (χ1) is 10.8. The van der Waals surface area contributed by atoms with Crippen molar-refractivity contribution in [1.82, 2.24) is 9.88 Å². The molecule has 1 fully saturated rings. The molecular weight excluding hydrogens is 278 g/mol. The van der Waals surface area contributed by atoms with Crippen LogP contribution >= 0.6 is 0 Å². The van der Waals surface area contributed by atoms with Gasteiger partial charge in [0.2, 0.25) is 0 Å². The molecule has 0 bridgehead atoms. The van der Waals surface area contributed by atoms with E-state index < -0.39 is 0 Å². The topological polar surface area (TPSA) is 54.5 Å². The maximum Gasteiger partial charge on any atom is 0.265 e. The highest BCUT2D eigenvalue weighted by Crippen LogP contribution is 2.11. The number of aromatic nitrogens is 1. The molecular formula is C17H17N3O2. The van der Waals surface area contributed by atoms with E-state index in [2.05, 4.69) is 26.7 Å². The van der Waals surface area contributed by atoms with E-state index in [9.17, 15) is 4.79 Å². The highest BCUT2D eigenvalue weighted by atomic mass is 16.5. The summed E-state index contributed by atoms with van der Waals surface area (Å²) in [4.78, 5) is 18.6. The van der Waals surface area contributed by atoms with E-state index in [1.54, 1.807) is 24.4 Å². The van der Waals surface area contributed by atoms with Crippen LogP contribution < -0.4 is 5.32 Å². The SMILES string of the molecule is O=C(Nc1ccc(CN2CCOCC2)cn1)C1=C=C=CC=C1. The molecule has 1 saturated heterocycles. The Hall–Kier alpha value is -2.42. The standard InChI is InChI=1S/C17H17N3O2/c21-17(15-4-2-1-3-5-15)19-16-7-6-14(12-18-16)13-20-8-10-22-11-9-20/h1-2,4,6-7,12H,8-11,13H2,(H,18,19,21). The van der Waals surface area contributed by atoms with Crippen molar-refractivity contribution in [3.63, 3.8) is 0 Å². The fraction of sp³-hybridized carbons (Fsp3) is 0.294. The Balaban J connectivity index is 1.59. The van der Waals surface area contributed by atoms with Gasteiger partial charge in [-0.2, -0.15) is 0 Å². The summed E-state index contributed by atoms with van der Waals surface area (Å²) < 4.78 is 5.33. The molecule has 1 aliphatic heterocycles. The fourth-order valence-electron chi connectivity index (χ4n) is 2.28. The number of morpholine rings is 1. The lowest BCUT2D eigenvalue weighted by Gasteiger charge is -2.26. The number of carbonyl (C=O) groups excluding carboxylic acids is 1. The third kappa shape index (κ3) is 3.82. The lowest BCUT2D eigenvalue weighted by atomic mass is 10.2. The van der Waals surface area contributed by atoms with E-state index in [-0.39, 0.29) is 5.91 Å². The van der Waals surface area contributed by atoms with Crippen LogP contribution in [0, 0.1) is 0 Å². The molecule has 0 saturated carbocycles. The highest BCUT2D eigenvalue weighted by Gasteiger charge is 2.11. The minimum Gasteiger partial charge on any atom is -0.379 e. The number of amides is 1. The molecule has 1 aromatic heterocycles. The van der Waals surface area contributed by atoms with Gasteiger partial charge in [0.05, 0.1) is 18.8 Å². The fourth-order valence-corrected chi connectivity index (χ4v) is 2.28. The molecule has 1 amide bonds. The van der Waals surface area contributed by atoms with E-state index in [4.69, 9.17) is 4.74 Å². The van der Waals surface area contributed by atoms with Gasteiger partial charge in [0.1, 0.15) is 5.82 Å². The number of pyridine rings is 1. The molecule has 3 rings (SSSR count). The van der Waals surface area contributed by atoms with Crippen LogP contribution in [0.4, 0.5) is 5.82 Å². The zero-order valence-electron chi connectivity index (χ0n) is 12.2. The average Bonchev–Trinajstić information content (AvgIpc) is 2.58. The largest absolute Gasteiger partial charge is 0.379 e.